The highest BCUT2D eigenvalue weighted by Gasteiger charge is 2.31. The van der Waals surface area contributed by atoms with Gasteiger partial charge in [0.1, 0.15) is 0 Å². The molecule has 4 heteroatoms. The fourth-order valence-corrected chi connectivity index (χ4v) is 2.95. The van der Waals surface area contributed by atoms with E-state index in [9.17, 15) is 4.79 Å². The van der Waals surface area contributed by atoms with Gasteiger partial charge in [-0.3, -0.25) is 4.79 Å². The lowest BCUT2D eigenvalue weighted by Crippen LogP contribution is -2.17. The summed E-state index contributed by atoms with van der Waals surface area (Å²) in [6, 6.07) is 4.39. The van der Waals surface area contributed by atoms with Crippen molar-refractivity contribution in [2.75, 3.05) is 6.54 Å². The highest BCUT2D eigenvalue weighted by molar-refractivity contribution is 9.10. The lowest BCUT2D eigenvalue weighted by atomic mass is 9.95. The van der Waals surface area contributed by atoms with Gasteiger partial charge in [0.05, 0.1) is 5.92 Å². The molecule has 1 heterocycles. The summed E-state index contributed by atoms with van der Waals surface area (Å²) in [4.78, 5) is 10.9. The van der Waals surface area contributed by atoms with Gasteiger partial charge in [-0.1, -0.05) is 22.0 Å². The maximum atomic E-state index is 10.9. The van der Waals surface area contributed by atoms with E-state index in [1.807, 2.05) is 0 Å². The Morgan fingerprint density at radius 2 is 2.18 bits per heavy atom. The van der Waals surface area contributed by atoms with E-state index in [0.29, 0.717) is 13.0 Å². The highest BCUT2D eigenvalue weighted by Crippen LogP contribution is 2.33. The van der Waals surface area contributed by atoms with Crippen LogP contribution >= 0.6 is 15.9 Å². The lowest BCUT2D eigenvalue weighted by molar-refractivity contribution is -0.141. The minimum Gasteiger partial charge on any atom is -0.481 e. The van der Waals surface area contributed by atoms with Gasteiger partial charge in [-0.15, -0.1) is 0 Å². The Kier molecular flexibility index (Phi) is 3.54. The van der Waals surface area contributed by atoms with Crippen molar-refractivity contribution in [3.63, 3.8) is 0 Å². The van der Waals surface area contributed by atoms with Crippen molar-refractivity contribution in [2.45, 2.75) is 26.3 Å². The molecule has 0 spiro atoms. The molecule has 1 aromatic rings. The van der Waals surface area contributed by atoms with Gasteiger partial charge in [-0.05, 0) is 43.0 Å². The molecule has 1 saturated heterocycles. The van der Waals surface area contributed by atoms with Gasteiger partial charge < -0.3 is 10.4 Å². The molecule has 17 heavy (non-hydrogen) atoms. The Morgan fingerprint density at radius 3 is 2.76 bits per heavy atom. The maximum absolute atomic E-state index is 10.9. The third-order valence-corrected chi connectivity index (χ3v) is 4.21. The molecule has 0 amide bonds. The van der Waals surface area contributed by atoms with E-state index < -0.39 is 5.97 Å². The smallest absolute Gasteiger partial charge is 0.307 e. The molecule has 1 aliphatic heterocycles. The maximum Gasteiger partial charge on any atom is 0.307 e. The Hall–Kier alpha value is -0.870. The predicted molar refractivity (Wildman–Crippen MR) is 70.1 cm³/mol. The number of halogens is 1. The second-order valence-electron chi connectivity index (χ2n) is 4.69. The van der Waals surface area contributed by atoms with Gasteiger partial charge in [0, 0.05) is 17.1 Å². The summed E-state index contributed by atoms with van der Waals surface area (Å²) in [6.07, 6.45) is 0.673. The minimum atomic E-state index is -0.704. The van der Waals surface area contributed by atoms with Crippen LogP contribution in [0.1, 0.15) is 29.2 Å². The monoisotopic (exact) mass is 297 g/mol. The van der Waals surface area contributed by atoms with Crippen LogP contribution in [-0.2, 0) is 4.79 Å². The Labute approximate surface area is 109 Å². The summed E-state index contributed by atoms with van der Waals surface area (Å²) in [5.41, 5.74) is 3.60. The van der Waals surface area contributed by atoms with Crippen LogP contribution in [0.5, 0.6) is 0 Å². The molecule has 2 N–H and O–H groups in total. The molecular weight excluding hydrogens is 282 g/mol. The second-order valence-corrected chi connectivity index (χ2v) is 5.55. The molecule has 0 saturated carbocycles. The first kappa shape index (κ1) is 12.6. The normalized spacial score (nSPS) is 23.9. The molecule has 1 aliphatic rings. The second kappa shape index (κ2) is 4.78. The zero-order valence-electron chi connectivity index (χ0n) is 9.96. The van der Waals surface area contributed by atoms with Crippen LogP contribution in [0.3, 0.4) is 0 Å². The molecule has 2 rings (SSSR count). The van der Waals surface area contributed by atoms with E-state index in [1.54, 1.807) is 0 Å². The summed E-state index contributed by atoms with van der Waals surface area (Å²) in [5.74, 6) is -0.969. The van der Waals surface area contributed by atoms with Crippen molar-refractivity contribution in [3.05, 3.63) is 33.3 Å². The van der Waals surface area contributed by atoms with Crippen molar-refractivity contribution >= 4 is 21.9 Å². The van der Waals surface area contributed by atoms with E-state index in [-0.39, 0.29) is 12.0 Å². The molecular formula is C13H16BrNO2. The van der Waals surface area contributed by atoms with E-state index in [0.717, 1.165) is 4.47 Å². The largest absolute Gasteiger partial charge is 0.481 e. The van der Waals surface area contributed by atoms with E-state index in [4.69, 9.17) is 5.11 Å². The average molecular weight is 298 g/mol. The van der Waals surface area contributed by atoms with Crippen LogP contribution in [0.4, 0.5) is 0 Å². The number of carboxylic acids is 1. The van der Waals surface area contributed by atoms with Crippen molar-refractivity contribution in [2.24, 2.45) is 5.92 Å². The lowest BCUT2D eigenvalue weighted by Gasteiger charge is -2.16. The van der Waals surface area contributed by atoms with Crippen molar-refractivity contribution < 1.29 is 9.90 Å². The number of hydrogen-bond donors (Lipinski definition) is 2. The third kappa shape index (κ3) is 2.53. The fourth-order valence-electron chi connectivity index (χ4n) is 2.36. The van der Waals surface area contributed by atoms with Gasteiger partial charge in [-0.2, -0.15) is 0 Å². The third-order valence-electron chi connectivity index (χ3n) is 3.38. The van der Waals surface area contributed by atoms with Gasteiger partial charge in [-0.25, -0.2) is 0 Å². The molecule has 2 atom stereocenters. The van der Waals surface area contributed by atoms with Crippen LogP contribution < -0.4 is 5.32 Å². The van der Waals surface area contributed by atoms with E-state index in [1.165, 1.54) is 16.7 Å². The number of hydrogen-bond acceptors (Lipinski definition) is 2. The topological polar surface area (TPSA) is 49.3 Å². The number of nitrogens with one attached hydrogen (secondary N) is 1. The number of rotatable bonds is 2. The first-order valence-corrected chi connectivity index (χ1v) is 6.51. The Bertz CT molecular complexity index is 459. The fraction of sp³-hybridized carbons (Fsp3) is 0.462. The SMILES string of the molecule is Cc1cc(Br)c(C)c(C2CC(C(=O)O)CN2)c1. The Morgan fingerprint density at radius 1 is 1.47 bits per heavy atom. The van der Waals surface area contributed by atoms with E-state index >= 15 is 0 Å². The highest BCUT2D eigenvalue weighted by atomic mass is 79.9. The molecule has 2 unspecified atom stereocenters. The first-order valence-electron chi connectivity index (χ1n) is 5.72. The number of aliphatic carboxylic acids is 1. The molecule has 0 aromatic heterocycles. The standard InChI is InChI=1S/C13H16BrNO2/c1-7-3-10(8(2)11(14)4-7)12-5-9(6-15-12)13(16)17/h3-4,9,12,15H,5-6H2,1-2H3,(H,16,17). The molecule has 1 aromatic carbocycles. The summed E-state index contributed by atoms with van der Waals surface area (Å²) in [7, 11) is 0. The number of carboxylic acid groups (broad SMARTS) is 1. The molecule has 0 aliphatic carbocycles. The summed E-state index contributed by atoms with van der Waals surface area (Å²) < 4.78 is 1.09. The molecule has 0 bridgehead atoms. The van der Waals surface area contributed by atoms with Crippen LogP contribution in [0, 0.1) is 19.8 Å². The zero-order valence-corrected chi connectivity index (χ0v) is 11.5. The first-order chi connectivity index (χ1) is 7.99. The van der Waals surface area contributed by atoms with Gasteiger partial charge >= 0.3 is 5.97 Å². The van der Waals surface area contributed by atoms with Crippen LogP contribution in [-0.4, -0.2) is 17.6 Å². The predicted octanol–water partition coefficient (Wildman–Crippen LogP) is 2.80. The summed E-state index contributed by atoms with van der Waals surface area (Å²) in [6.45, 7) is 4.68. The number of benzene rings is 1. The van der Waals surface area contributed by atoms with Crippen LogP contribution in [0.15, 0.2) is 16.6 Å². The average Bonchev–Trinajstić information content (AvgIpc) is 2.72. The Balaban J connectivity index is 2.27. The molecule has 92 valence electrons. The number of carbonyl (C=O) groups is 1. The van der Waals surface area contributed by atoms with Crippen molar-refractivity contribution in [1.29, 1.82) is 0 Å². The van der Waals surface area contributed by atoms with Crippen LogP contribution in [0.2, 0.25) is 0 Å². The minimum absolute atomic E-state index is 0.160. The van der Waals surface area contributed by atoms with E-state index in [2.05, 4.69) is 47.2 Å². The van der Waals surface area contributed by atoms with Gasteiger partial charge in [0.25, 0.3) is 0 Å². The summed E-state index contributed by atoms with van der Waals surface area (Å²) >= 11 is 3.54. The van der Waals surface area contributed by atoms with Crippen molar-refractivity contribution in [3.8, 4) is 0 Å². The molecule has 0 radical (unpaired) electrons. The van der Waals surface area contributed by atoms with Crippen molar-refractivity contribution in [1.82, 2.24) is 5.32 Å². The van der Waals surface area contributed by atoms with Gasteiger partial charge in [0.2, 0.25) is 0 Å². The quantitative estimate of drug-likeness (QED) is 0.882. The summed E-state index contributed by atoms with van der Waals surface area (Å²) in [5, 5.41) is 12.3. The molecule has 3 nitrogen and oxygen atoms in total. The van der Waals surface area contributed by atoms with Gasteiger partial charge in [0.15, 0.2) is 0 Å². The number of aryl methyl sites for hydroxylation is 1. The molecule has 1 fully saturated rings. The van der Waals surface area contributed by atoms with Crippen LogP contribution in [0.25, 0.3) is 0 Å². The zero-order chi connectivity index (χ0) is 12.6.